The maximum absolute atomic E-state index is 9.98. The summed E-state index contributed by atoms with van der Waals surface area (Å²) in [7, 11) is 0. The highest BCUT2D eigenvalue weighted by molar-refractivity contribution is 5.38. The second-order valence-electron chi connectivity index (χ2n) is 6.20. The third-order valence-corrected chi connectivity index (χ3v) is 4.13. The molecule has 0 aromatic heterocycles. The average molecular weight is 277 g/mol. The highest BCUT2D eigenvalue weighted by Gasteiger charge is 2.22. The van der Waals surface area contributed by atoms with Crippen LogP contribution in [0.15, 0.2) is 18.2 Å². The van der Waals surface area contributed by atoms with Gasteiger partial charge >= 0.3 is 0 Å². The Kier molecular flexibility index (Phi) is 7.08. The van der Waals surface area contributed by atoms with Gasteiger partial charge in [0.25, 0.3) is 0 Å². The minimum Gasteiger partial charge on any atom is -0.508 e. The van der Waals surface area contributed by atoms with Crippen LogP contribution in [-0.2, 0) is 6.54 Å². The molecule has 0 heterocycles. The first-order chi connectivity index (χ1) is 9.51. The van der Waals surface area contributed by atoms with E-state index in [1.807, 2.05) is 6.07 Å². The molecule has 0 aliphatic rings. The molecule has 114 valence electrons. The van der Waals surface area contributed by atoms with Gasteiger partial charge in [0.15, 0.2) is 0 Å². The molecule has 20 heavy (non-hydrogen) atoms. The Balaban J connectivity index is 3.01. The summed E-state index contributed by atoms with van der Waals surface area (Å²) in [5, 5.41) is 13.3. The highest BCUT2D eigenvalue weighted by atomic mass is 16.3. The van der Waals surface area contributed by atoms with Gasteiger partial charge in [-0.2, -0.15) is 0 Å². The molecule has 0 spiro atoms. The lowest BCUT2D eigenvalue weighted by atomic mass is 9.77. The lowest BCUT2D eigenvalue weighted by Crippen LogP contribution is -2.17. The molecule has 0 aliphatic heterocycles. The largest absolute Gasteiger partial charge is 0.508 e. The number of hydrogen-bond acceptors (Lipinski definition) is 2. The number of hydrogen-bond donors (Lipinski definition) is 2. The highest BCUT2D eigenvalue weighted by Crippen LogP contribution is 2.36. The van der Waals surface area contributed by atoms with Crippen LogP contribution in [0.25, 0.3) is 0 Å². The quantitative estimate of drug-likeness (QED) is 0.723. The average Bonchev–Trinajstić information content (AvgIpc) is 2.39. The Labute approximate surface area is 124 Å². The molecule has 2 heteroatoms. The molecular weight excluding hydrogens is 246 g/mol. The summed E-state index contributed by atoms with van der Waals surface area (Å²) in [6.07, 6.45) is 2.49. The maximum Gasteiger partial charge on any atom is 0.120 e. The molecule has 0 saturated heterocycles. The zero-order valence-corrected chi connectivity index (χ0v) is 13.7. The van der Waals surface area contributed by atoms with Gasteiger partial charge in [0, 0.05) is 12.1 Å². The fourth-order valence-electron chi connectivity index (χ4n) is 3.22. The minimum atomic E-state index is 0.403. The summed E-state index contributed by atoms with van der Waals surface area (Å²) >= 11 is 0. The molecule has 0 amide bonds. The molecule has 2 atom stereocenters. The van der Waals surface area contributed by atoms with Gasteiger partial charge in [-0.3, -0.25) is 0 Å². The Hall–Kier alpha value is -1.02. The molecule has 1 rings (SSSR count). The van der Waals surface area contributed by atoms with E-state index in [0.717, 1.165) is 18.7 Å². The monoisotopic (exact) mass is 277 g/mol. The SMILES string of the molecule is CCCC(C)C(c1ccc(O)c(CNCC)c1)C(C)C. The van der Waals surface area contributed by atoms with E-state index in [-0.39, 0.29) is 0 Å². The van der Waals surface area contributed by atoms with E-state index >= 15 is 0 Å². The number of rotatable bonds is 8. The van der Waals surface area contributed by atoms with Crippen LogP contribution in [0.2, 0.25) is 0 Å². The van der Waals surface area contributed by atoms with E-state index in [1.54, 1.807) is 0 Å². The van der Waals surface area contributed by atoms with E-state index in [9.17, 15) is 5.11 Å². The molecule has 0 bridgehead atoms. The van der Waals surface area contributed by atoms with Crippen LogP contribution >= 0.6 is 0 Å². The Morgan fingerprint density at radius 2 is 1.85 bits per heavy atom. The first-order valence-electron chi connectivity index (χ1n) is 8.03. The van der Waals surface area contributed by atoms with Crippen molar-refractivity contribution in [3.05, 3.63) is 29.3 Å². The Morgan fingerprint density at radius 3 is 2.40 bits per heavy atom. The molecule has 0 saturated carbocycles. The van der Waals surface area contributed by atoms with Gasteiger partial charge in [0.2, 0.25) is 0 Å². The van der Waals surface area contributed by atoms with E-state index in [1.165, 1.54) is 18.4 Å². The van der Waals surface area contributed by atoms with Gasteiger partial charge in [-0.05, 0) is 35.9 Å². The summed E-state index contributed by atoms with van der Waals surface area (Å²) in [5.41, 5.74) is 2.38. The lowest BCUT2D eigenvalue weighted by molar-refractivity contribution is 0.343. The number of phenols is 1. The van der Waals surface area contributed by atoms with Crippen molar-refractivity contribution in [3.63, 3.8) is 0 Å². The normalized spacial score (nSPS) is 14.5. The molecule has 2 unspecified atom stereocenters. The summed E-state index contributed by atoms with van der Waals surface area (Å²) in [6, 6.07) is 6.15. The molecular formula is C18H31NO. The fraction of sp³-hybridized carbons (Fsp3) is 0.667. The Bertz CT molecular complexity index is 400. The van der Waals surface area contributed by atoms with E-state index in [0.29, 0.717) is 23.5 Å². The Morgan fingerprint density at radius 1 is 1.15 bits per heavy atom. The van der Waals surface area contributed by atoms with Crippen molar-refractivity contribution in [2.75, 3.05) is 6.54 Å². The van der Waals surface area contributed by atoms with Crippen molar-refractivity contribution in [3.8, 4) is 5.75 Å². The van der Waals surface area contributed by atoms with Crippen LogP contribution in [0.3, 0.4) is 0 Å². The summed E-state index contributed by atoms with van der Waals surface area (Å²) in [6.45, 7) is 12.9. The lowest BCUT2D eigenvalue weighted by Gasteiger charge is -2.28. The molecule has 0 radical (unpaired) electrons. The summed E-state index contributed by atoms with van der Waals surface area (Å²) in [4.78, 5) is 0. The smallest absolute Gasteiger partial charge is 0.120 e. The second-order valence-corrected chi connectivity index (χ2v) is 6.20. The van der Waals surface area contributed by atoms with Crippen molar-refractivity contribution in [1.82, 2.24) is 5.32 Å². The predicted octanol–water partition coefficient (Wildman–Crippen LogP) is 4.68. The van der Waals surface area contributed by atoms with Crippen molar-refractivity contribution < 1.29 is 5.11 Å². The van der Waals surface area contributed by atoms with Crippen LogP contribution in [0.5, 0.6) is 5.75 Å². The zero-order valence-electron chi connectivity index (χ0n) is 13.7. The van der Waals surface area contributed by atoms with Crippen LogP contribution in [0.1, 0.15) is 64.5 Å². The molecule has 1 aromatic carbocycles. The first kappa shape index (κ1) is 17.0. The van der Waals surface area contributed by atoms with E-state index < -0.39 is 0 Å². The van der Waals surface area contributed by atoms with Gasteiger partial charge in [-0.25, -0.2) is 0 Å². The third kappa shape index (κ3) is 4.52. The molecule has 2 nitrogen and oxygen atoms in total. The topological polar surface area (TPSA) is 32.3 Å². The molecule has 1 aromatic rings. The third-order valence-electron chi connectivity index (χ3n) is 4.13. The van der Waals surface area contributed by atoms with Crippen molar-refractivity contribution in [2.45, 2.75) is 59.9 Å². The molecule has 0 fully saturated rings. The number of aromatic hydroxyl groups is 1. The van der Waals surface area contributed by atoms with Crippen LogP contribution in [0.4, 0.5) is 0 Å². The summed E-state index contributed by atoms with van der Waals surface area (Å²) in [5.74, 6) is 2.26. The molecule has 0 aliphatic carbocycles. The predicted molar refractivity (Wildman–Crippen MR) is 87.1 cm³/mol. The minimum absolute atomic E-state index is 0.403. The van der Waals surface area contributed by atoms with Crippen LogP contribution in [0, 0.1) is 11.8 Å². The standard InChI is InChI=1S/C18H31NO/c1-6-8-14(5)18(13(3)4)15-9-10-17(20)16(11-15)12-19-7-2/h9-11,13-14,18-20H,6-8,12H2,1-5H3. The van der Waals surface area contributed by atoms with Crippen LogP contribution < -0.4 is 5.32 Å². The fourth-order valence-corrected chi connectivity index (χ4v) is 3.22. The number of phenolic OH excluding ortho intramolecular Hbond substituents is 1. The van der Waals surface area contributed by atoms with Gasteiger partial charge in [0.1, 0.15) is 5.75 Å². The number of nitrogens with one attached hydrogen (secondary N) is 1. The second kappa shape index (κ2) is 8.31. The van der Waals surface area contributed by atoms with E-state index in [4.69, 9.17) is 0 Å². The number of benzene rings is 1. The molecule has 2 N–H and O–H groups in total. The van der Waals surface area contributed by atoms with Crippen molar-refractivity contribution >= 4 is 0 Å². The van der Waals surface area contributed by atoms with E-state index in [2.05, 4.69) is 52.1 Å². The maximum atomic E-state index is 9.98. The van der Waals surface area contributed by atoms with Crippen LogP contribution in [-0.4, -0.2) is 11.7 Å². The van der Waals surface area contributed by atoms with Gasteiger partial charge < -0.3 is 10.4 Å². The van der Waals surface area contributed by atoms with Crippen molar-refractivity contribution in [2.24, 2.45) is 11.8 Å². The first-order valence-corrected chi connectivity index (χ1v) is 8.03. The zero-order chi connectivity index (χ0) is 15.1. The van der Waals surface area contributed by atoms with Crippen molar-refractivity contribution in [1.29, 1.82) is 0 Å². The van der Waals surface area contributed by atoms with Gasteiger partial charge in [-0.15, -0.1) is 0 Å². The van der Waals surface area contributed by atoms with Gasteiger partial charge in [-0.1, -0.05) is 59.6 Å². The van der Waals surface area contributed by atoms with Gasteiger partial charge in [0.05, 0.1) is 0 Å². The summed E-state index contributed by atoms with van der Waals surface area (Å²) < 4.78 is 0.